The largest absolute Gasteiger partial charge is 0.367 e. The topological polar surface area (TPSA) is 15.7 Å². The van der Waals surface area contributed by atoms with Crippen LogP contribution in [0.2, 0.25) is 0 Å². The fraction of sp³-hybridized carbons (Fsp3) is 0.444. The van der Waals surface area contributed by atoms with Crippen LogP contribution < -0.4 is 0 Å². The van der Waals surface area contributed by atoms with E-state index >= 15 is 0 Å². The first kappa shape index (κ1) is 38.5. The third-order valence-corrected chi connectivity index (χ3v) is 6.50. The van der Waals surface area contributed by atoms with Crippen molar-refractivity contribution in [2.24, 2.45) is 0 Å². The van der Waals surface area contributed by atoms with Gasteiger partial charge in [0.15, 0.2) is 0 Å². The van der Waals surface area contributed by atoms with Gasteiger partial charge in [-0.05, 0) is 35.2 Å². The fourth-order valence-electron chi connectivity index (χ4n) is 4.46. The molecule has 1 aliphatic carbocycles. The predicted octanol–water partition coefficient (Wildman–Crippen LogP) is 8.76. The van der Waals surface area contributed by atoms with Crippen molar-refractivity contribution >= 4 is 6.08 Å². The van der Waals surface area contributed by atoms with Crippen LogP contribution in [0.4, 0.5) is 0 Å². The van der Waals surface area contributed by atoms with E-state index in [1.54, 1.807) is 0 Å². The van der Waals surface area contributed by atoms with Crippen LogP contribution in [0.5, 0.6) is 0 Å². The Hall–Kier alpha value is -1.46. The van der Waals surface area contributed by atoms with Crippen molar-refractivity contribution in [1.29, 1.82) is 0 Å². The van der Waals surface area contributed by atoms with Crippen LogP contribution in [0.1, 0.15) is 76.8 Å². The predicted molar refractivity (Wildman–Crippen MR) is 172 cm³/mol. The Morgan fingerprint density at radius 3 is 1.62 bits per heavy atom. The van der Waals surface area contributed by atoms with Gasteiger partial charge in [0.2, 0.25) is 0 Å². The van der Waals surface area contributed by atoms with Crippen molar-refractivity contribution in [3.8, 4) is 0 Å². The van der Waals surface area contributed by atoms with Crippen molar-refractivity contribution in [2.45, 2.75) is 61.0 Å². The molecule has 40 heavy (non-hydrogen) atoms. The second kappa shape index (κ2) is 25.3. The van der Waals surface area contributed by atoms with E-state index in [0.29, 0.717) is 0 Å². The van der Waals surface area contributed by atoms with E-state index in [1.807, 2.05) is 41.5 Å². The minimum Gasteiger partial charge on any atom is -0.367 e. The molecule has 0 spiro atoms. The summed E-state index contributed by atoms with van der Waals surface area (Å²) in [6.07, 6.45) is 5.51. The van der Waals surface area contributed by atoms with Gasteiger partial charge in [0, 0.05) is 70.5 Å². The normalized spacial score (nSPS) is 13.5. The molecule has 0 atom stereocenters. The number of benzene rings is 3. The Balaban J connectivity index is 0.000000790. The van der Waals surface area contributed by atoms with Crippen molar-refractivity contribution < 1.29 is 42.5 Å². The van der Waals surface area contributed by atoms with Crippen LogP contribution in [0, 0.1) is 37.7 Å². The zero-order valence-corrected chi connectivity index (χ0v) is 26.8. The van der Waals surface area contributed by atoms with Gasteiger partial charge in [0.05, 0.1) is 6.61 Å². The quantitative estimate of drug-likeness (QED) is 0.282. The third kappa shape index (κ3) is 13.9. The molecule has 1 heterocycles. The Bertz CT molecular complexity index is 946. The van der Waals surface area contributed by atoms with E-state index < -0.39 is 0 Å². The summed E-state index contributed by atoms with van der Waals surface area (Å²) < 4.78 is 6.31. The minimum atomic E-state index is 0. The van der Waals surface area contributed by atoms with Gasteiger partial charge in [-0.25, -0.2) is 0 Å². The SMILES string of the molecule is C1=Cc2ccccc2C1.CC.CC.CC.CCN1CCN(CCOC(c2ccccc2)c2ccccc2)CC1.[Ar]. The van der Waals surface area contributed by atoms with Crippen LogP contribution in [-0.2, 0) is 11.2 Å². The van der Waals surface area contributed by atoms with E-state index in [2.05, 4.69) is 114 Å². The average Bonchev–Trinajstić information content (AvgIpc) is 3.53. The van der Waals surface area contributed by atoms with E-state index in [9.17, 15) is 0 Å². The van der Waals surface area contributed by atoms with Crippen molar-refractivity contribution in [3.63, 3.8) is 0 Å². The molecule has 1 aliphatic heterocycles. The second-order valence-electron chi connectivity index (χ2n) is 8.65. The zero-order chi connectivity index (χ0) is 28.7. The number of hydrogen-bond donors (Lipinski definition) is 0. The first-order chi connectivity index (χ1) is 19.3. The van der Waals surface area contributed by atoms with Crippen LogP contribution >= 0.6 is 0 Å². The first-order valence-corrected chi connectivity index (χ1v) is 15.2. The van der Waals surface area contributed by atoms with Gasteiger partial charge in [-0.1, -0.05) is 146 Å². The van der Waals surface area contributed by atoms with E-state index in [0.717, 1.165) is 39.2 Å². The van der Waals surface area contributed by atoms with Gasteiger partial charge < -0.3 is 9.64 Å². The molecule has 1 fully saturated rings. The smallest absolute Gasteiger partial charge is 0.108 e. The summed E-state index contributed by atoms with van der Waals surface area (Å²) >= 11 is 0. The number of piperazine rings is 1. The number of hydrogen-bond acceptors (Lipinski definition) is 3. The minimum absolute atomic E-state index is 0. The van der Waals surface area contributed by atoms with Crippen LogP contribution in [0.3, 0.4) is 0 Å². The molecule has 4 heteroatoms. The molecule has 3 nitrogen and oxygen atoms in total. The molecule has 2 aliphatic rings. The number of likely N-dealkylation sites (N-methyl/N-ethyl adjacent to an activating group) is 1. The molecule has 3 aromatic rings. The third-order valence-electron chi connectivity index (χ3n) is 6.50. The fourth-order valence-corrected chi connectivity index (χ4v) is 4.46. The van der Waals surface area contributed by atoms with Crippen LogP contribution in [-0.4, -0.2) is 55.7 Å². The molecule has 0 aromatic heterocycles. The summed E-state index contributed by atoms with van der Waals surface area (Å²) in [6.45, 7) is 21.8. The summed E-state index contributed by atoms with van der Waals surface area (Å²) in [5.41, 5.74) is 5.29. The van der Waals surface area contributed by atoms with Gasteiger partial charge in [-0.2, -0.15) is 0 Å². The molecule has 1 saturated heterocycles. The van der Waals surface area contributed by atoms with Gasteiger partial charge in [-0.15, -0.1) is 0 Å². The van der Waals surface area contributed by atoms with E-state index in [-0.39, 0.29) is 43.8 Å². The summed E-state index contributed by atoms with van der Waals surface area (Å²) in [5, 5.41) is 0. The average molecular weight is 571 g/mol. The number of rotatable bonds is 7. The molecular weight excluding hydrogens is 516 g/mol. The molecular formula is C36H54ArN2O. The van der Waals surface area contributed by atoms with E-state index in [1.165, 1.54) is 35.3 Å². The molecule has 0 amide bonds. The van der Waals surface area contributed by atoms with Gasteiger partial charge in [-0.3, -0.25) is 4.90 Å². The Labute approximate surface area is 276 Å². The van der Waals surface area contributed by atoms with E-state index in [4.69, 9.17) is 4.74 Å². The van der Waals surface area contributed by atoms with Crippen molar-refractivity contribution in [1.82, 2.24) is 9.80 Å². The van der Waals surface area contributed by atoms with Crippen molar-refractivity contribution in [3.05, 3.63) is 113 Å². The maximum Gasteiger partial charge on any atom is 0.108 e. The second-order valence-corrected chi connectivity index (χ2v) is 8.65. The maximum atomic E-state index is 6.31. The molecule has 0 radical (unpaired) electrons. The monoisotopic (exact) mass is 570 g/mol. The van der Waals surface area contributed by atoms with Gasteiger partial charge in [0.1, 0.15) is 6.10 Å². The number of fused-ring (bicyclic) bond motifs is 1. The maximum absolute atomic E-state index is 6.31. The van der Waals surface area contributed by atoms with Crippen LogP contribution in [0.25, 0.3) is 6.08 Å². The molecule has 5 rings (SSSR count). The standard InChI is InChI=1S/C21H28N2O.C9H8.3C2H6.Ar/c1-2-22-13-15-23(16-14-22)17-18-24-21(19-9-5-3-6-10-19)20-11-7-4-8-12-20;1-2-5-9-7-3-6-8(9)4-1;3*1-2;/h3-12,21H,2,13-18H2,1H3;1-6H,7H2;3*1-2H3;. The Morgan fingerprint density at radius 1 is 0.650 bits per heavy atom. The molecule has 3 aromatic carbocycles. The molecule has 0 saturated carbocycles. The molecule has 0 bridgehead atoms. The zero-order valence-electron chi connectivity index (χ0n) is 26.1. The summed E-state index contributed by atoms with van der Waals surface area (Å²) in [7, 11) is 0. The molecule has 0 unspecified atom stereocenters. The number of ether oxygens (including phenoxy) is 1. The molecule has 222 valence electrons. The number of allylic oxidation sites excluding steroid dienone is 1. The Morgan fingerprint density at radius 2 is 1.12 bits per heavy atom. The van der Waals surface area contributed by atoms with Gasteiger partial charge in [0.25, 0.3) is 0 Å². The first-order valence-electron chi connectivity index (χ1n) is 15.2. The van der Waals surface area contributed by atoms with Gasteiger partial charge >= 0.3 is 0 Å². The summed E-state index contributed by atoms with van der Waals surface area (Å²) in [5.74, 6) is 0. The Kier molecular flexibility index (Phi) is 24.3. The van der Waals surface area contributed by atoms with Crippen molar-refractivity contribution in [2.75, 3.05) is 45.9 Å². The number of nitrogens with zero attached hydrogens (tertiary/aromatic N) is 2. The summed E-state index contributed by atoms with van der Waals surface area (Å²) in [4.78, 5) is 5.02. The summed E-state index contributed by atoms with van der Waals surface area (Å²) in [6, 6.07) is 29.5. The van der Waals surface area contributed by atoms with Crippen LogP contribution in [0.15, 0.2) is 91.0 Å². The molecule has 0 N–H and O–H groups in total.